The van der Waals surface area contributed by atoms with Crippen LogP contribution >= 0.6 is 0 Å². The number of carbonyl (C=O) groups excluding carboxylic acids is 1. The van der Waals surface area contributed by atoms with E-state index < -0.39 is 8.32 Å². The van der Waals surface area contributed by atoms with Gasteiger partial charge < -0.3 is 8.99 Å². The molecule has 0 saturated heterocycles. The Morgan fingerprint density at radius 3 is 2.65 bits per heavy atom. The summed E-state index contributed by atoms with van der Waals surface area (Å²) in [6, 6.07) is 0. The Hall–Kier alpha value is -0.943. The molecule has 0 N–H and O–H groups in total. The zero-order valence-electron chi connectivity index (χ0n) is 11.4. The van der Waals surface area contributed by atoms with E-state index in [9.17, 15) is 4.79 Å². The zero-order chi connectivity index (χ0) is 13.1. The van der Waals surface area contributed by atoms with Crippen molar-refractivity contribution in [1.29, 1.82) is 0 Å². The van der Waals surface area contributed by atoms with Gasteiger partial charge in [-0.1, -0.05) is 20.8 Å². The molecule has 0 saturated carbocycles. The van der Waals surface area contributed by atoms with Crippen LogP contribution in [0.3, 0.4) is 0 Å². The first-order valence-corrected chi connectivity index (χ1v) is 8.79. The molecule has 1 aromatic rings. The molecule has 1 heterocycles. The number of nitrogens with zero attached hydrogens (tertiary/aromatic N) is 2. The summed E-state index contributed by atoms with van der Waals surface area (Å²) in [4.78, 5) is 14.6. The standard InChI is InChI=1S/C12H22N2O2Si/c1-12(2,3)17(4,5)16-9-8-14-7-6-13-11(14)10-15/h6-7,10H,8-9H2,1-5H3. The molecule has 1 aromatic heterocycles. The van der Waals surface area contributed by atoms with E-state index in [0.717, 1.165) is 6.29 Å². The number of imidazole rings is 1. The maximum Gasteiger partial charge on any atom is 0.192 e. The van der Waals surface area contributed by atoms with Crippen LogP contribution in [-0.4, -0.2) is 30.8 Å². The highest BCUT2D eigenvalue weighted by Crippen LogP contribution is 2.36. The average Bonchev–Trinajstić information content (AvgIpc) is 2.63. The van der Waals surface area contributed by atoms with Crippen LogP contribution < -0.4 is 0 Å². The highest BCUT2D eigenvalue weighted by atomic mass is 28.4. The fourth-order valence-corrected chi connectivity index (χ4v) is 2.28. The first-order valence-electron chi connectivity index (χ1n) is 5.88. The van der Waals surface area contributed by atoms with Crippen molar-refractivity contribution < 1.29 is 9.22 Å². The summed E-state index contributed by atoms with van der Waals surface area (Å²) >= 11 is 0. The summed E-state index contributed by atoms with van der Waals surface area (Å²) in [5.74, 6) is 0.462. The Morgan fingerprint density at radius 1 is 1.47 bits per heavy atom. The van der Waals surface area contributed by atoms with Gasteiger partial charge in [-0.3, -0.25) is 4.79 Å². The lowest BCUT2D eigenvalue weighted by atomic mass is 10.2. The van der Waals surface area contributed by atoms with Gasteiger partial charge in [0.25, 0.3) is 0 Å². The second-order valence-corrected chi connectivity index (χ2v) is 10.5. The minimum absolute atomic E-state index is 0.218. The fourth-order valence-electron chi connectivity index (χ4n) is 1.24. The van der Waals surface area contributed by atoms with Crippen LogP contribution in [0.4, 0.5) is 0 Å². The van der Waals surface area contributed by atoms with Crippen molar-refractivity contribution in [2.45, 2.75) is 45.4 Å². The molecule has 17 heavy (non-hydrogen) atoms. The Morgan fingerprint density at radius 2 is 2.12 bits per heavy atom. The van der Waals surface area contributed by atoms with Gasteiger partial charge in [-0.2, -0.15) is 0 Å². The molecular formula is C12H22N2O2Si. The van der Waals surface area contributed by atoms with Crippen LogP contribution in [0.15, 0.2) is 12.4 Å². The van der Waals surface area contributed by atoms with Gasteiger partial charge in [0.05, 0.1) is 6.61 Å². The maximum absolute atomic E-state index is 10.7. The zero-order valence-corrected chi connectivity index (χ0v) is 12.4. The first kappa shape index (κ1) is 14.1. The number of rotatable bonds is 5. The molecule has 0 radical (unpaired) electrons. The normalized spacial score (nSPS) is 12.8. The van der Waals surface area contributed by atoms with Crippen LogP contribution in [0.2, 0.25) is 18.1 Å². The van der Waals surface area contributed by atoms with E-state index in [0.29, 0.717) is 19.0 Å². The van der Waals surface area contributed by atoms with Gasteiger partial charge in [-0.25, -0.2) is 4.98 Å². The summed E-state index contributed by atoms with van der Waals surface area (Å²) in [6.45, 7) is 12.4. The molecule has 96 valence electrons. The van der Waals surface area contributed by atoms with Crippen LogP contribution in [0, 0.1) is 0 Å². The van der Waals surface area contributed by atoms with Crippen LogP contribution in [0.1, 0.15) is 31.4 Å². The van der Waals surface area contributed by atoms with Crippen molar-refractivity contribution in [3.63, 3.8) is 0 Å². The number of aromatic nitrogens is 2. The molecule has 4 nitrogen and oxygen atoms in total. The van der Waals surface area contributed by atoms with Gasteiger partial charge in [0.2, 0.25) is 0 Å². The van der Waals surface area contributed by atoms with E-state index in [4.69, 9.17) is 4.43 Å². The van der Waals surface area contributed by atoms with E-state index in [1.165, 1.54) is 0 Å². The Bertz CT molecular complexity index is 380. The Balaban J connectivity index is 2.51. The van der Waals surface area contributed by atoms with Gasteiger partial charge in [-0.15, -0.1) is 0 Å². The monoisotopic (exact) mass is 254 g/mol. The Labute approximate surface area is 104 Å². The van der Waals surface area contributed by atoms with E-state index in [-0.39, 0.29) is 5.04 Å². The van der Waals surface area contributed by atoms with Crippen molar-refractivity contribution in [3.05, 3.63) is 18.2 Å². The van der Waals surface area contributed by atoms with Crippen molar-refractivity contribution in [2.24, 2.45) is 0 Å². The summed E-state index contributed by atoms with van der Waals surface area (Å²) in [5.41, 5.74) is 0. The summed E-state index contributed by atoms with van der Waals surface area (Å²) in [5, 5.41) is 0.218. The molecule has 0 amide bonds. The lowest BCUT2D eigenvalue weighted by molar-refractivity contribution is 0.111. The van der Waals surface area contributed by atoms with E-state index in [1.54, 1.807) is 12.4 Å². The fraction of sp³-hybridized carbons (Fsp3) is 0.667. The van der Waals surface area contributed by atoms with Gasteiger partial charge >= 0.3 is 0 Å². The van der Waals surface area contributed by atoms with Crippen LogP contribution in [-0.2, 0) is 11.0 Å². The third-order valence-electron chi connectivity index (χ3n) is 3.45. The molecule has 0 aliphatic carbocycles. The molecule has 1 rings (SSSR count). The molecule has 0 spiro atoms. The molecule has 0 aliphatic heterocycles. The van der Waals surface area contributed by atoms with Gasteiger partial charge in [-0.05, 0) is 18.1 Å². The smallest absolute Gasteiger partial charge is 0.192 e. The number of hydrogen-bond donors (Lipinski definition) is 0. The van der Waals surface area contributed by atoms with E-state index in [1.807, 2.05) is 4.57 Å². The molecule has 0 atom stereocenters. The minimum atomic E-state index is -1.69. The highest BCUT2D eigenvalue weighted by Gasteiger charge is 2.36. The second kappa shape index (κ2) is 5.14. The predicted molar refractivity (Wildman–Crippen MR) is 70.8 cm³/mol. The third kappa shape index (κ3) is 3.51. The average molecular weight is 254 g/mol. The summed E-state index contributed by atoms with van der Waals surface area (Å²) in [7, 11) is -1.69. The molecule has 0 aliphatic rings. The van der Waals surface area contributed by atoms with Gasteiger partial charge in [0, 0.05) is 18.9 Å². The molecular weight excluding hydrogens is 232 g/mol. The van der Waals surface area contributed by atoms with Crippen molar-refractivity contribution in [2.75, 3.05) is 6.61 Å². The first-order chi connectivity index (χ1) is 7.78. The molecule has 0 fully saturated rings. The second-order valence-electron chi connectivity index (χ2n) is 5.71. The maximum atomic E-state index is 10.7. The van der Waals surface area contributed by atoms with Gasteiger partial charge in [0.15, 0.2) is 20.4 Å². The van der Waals surface area contributed by atoms with E-state index in [2.05, 4.69) is 38.8 Å². The summed E-state index contributed by atoms with van der Waals surface area (Å²) < 4.78 is 7.86. The quantitative estimate of drug-likeness (QED) is 0.599. The predicted octanol–water partition coefficient (Wildman–Crippen LogP) is 2.72. The Kier molecular flexibility index (Phi) is 4.27. The molecule has 0 bridgehead atoms. The number of hydrogen-bond acceptors (Lipinski definition) is 3. The van der Waals surface area contributed by atoms with Crippen molar-refractivity contribution >= 4 is 14.6 Å². The summed E-state index contributed by atoms with van der Waals surface area (Å²) in [6.07, 6.45) is 4.21. The molecule has 5 heteroatoms. The largest absolute Gasteiger partial charge is 0.415 e. The molecule has 0 unspecified atom stereocenters. The third-order valence-corrected chi connectivity index (χ3v) is 7.99. The van der Waals surface area contributed by atoms with Crippen LogP contribution in [0.25, 0.3) is 0 Å². The van der Waals surface area contributed by atoms with Crippen molar-refractivity contribution in [1.82, 2.24) is 9.55 Å². The lowest BCUT2D eigenvalue weighted by Crippen LogP contribution is -2.41. The highest BCUT2D eigenvalue weighted by molar-refractivity contribution is 6.74. The number of carbonyl (C=O) groups is 1. The SMILES string of the molecule is CC(C)(C)[Si](C)(C)OCCn1ccnc1C=O. The topological polar surface area (TPSA) is 44.1 Å². The minimum Gasteiger partial charge on any atom is -0.415 e. The van der Waals surface area contributed by atoms with E-state index >= 15 is 0 Å². The van der Waals surface area contributed by atoms with Crippen LogP contribution in [0.5, 0.6) is 0 Å². The van der Waals surface area contributed by atoms with Crippen molar-refractivity contribution in [3.8, 4) is 0 Å². The number of aldehydes is 1. The lowest BCUT2D eigenvalue weighted by Gasteiger charge is -2.36. The van der Waals surface area contributed by atoms with Gasteiger partial charge in [0.1, 0.15) is 0 Å². The molecule has 0 aromatic carbocycles.